The molecule has 1 N–H and O–H groups in total. The molecule has 0 heterocycles. The first kappa shape index (κ1) is 11.9. The summed E-state index contributed by atoms with van der Waals surface area (Å²) in [5.41, 5.74) is 0.780. The topological polar surface area (TPSA) is 71.4 Å². The molecule has 0 amide bonds. The van der Waals surface area contributed by atoms with Crippen LogP contribution >= 0.6 is 0 Å². The number of ketones is 1. The van der Waals surface area contributed by atoms with Gasteiger partial charge in [-0.3, -0.25) is 9.35 Å². The van der Waals surface area contributed by atoms with Crippen molar-refractivity contribution in [2.45, 2.75) is 25.2 Å². The Hall–Kier alpha value is -1.20. The molecule has 0 aliphatic carbocycles. The van der Waals surface area contributed by atoms with Gasteiger partial charge >= 0.3 is 0 Å². The molecular weight excluding hydrogens is 216 g/mol. The van der Waals surface area contributed by atoms with Gasteiger partial charge in [0, 0.05) is 5.56 Å². The lowest BCUT2D eigenvalue weighted by atomic mass is 10.1. The van der Waals surface area contributed by atoms with E-state index in [0.29, 0.717) is 12.0 Å². The van der Waals surface area contributed by atoms with Crippen molar-refractivity contribution in [2.24, 2.45) is 0 Å². The SMILES string of the molecule is CCc1ccc(C(C)=O)cc1S(=O)(=O)O. The fourth-order valence-corrected chi connectivity index (χ4v) is 2.13. The van der Waals surface area contributed by atoms with Crippen LogP contribution in [-0.4, -0.2) is 18.8 Å². The quantitative estimate of drug-likeness (QED) is 0.631. The van der Waals surface area contributed by atoms with E-state index < -0.39 is 10.1 Å². The summed E-state index contributed by atoms with van der Waals surface area (Å²) in [5.74, 6) is -0.234. The van der Waals surface area contributed by atoms with Crippen molar-refractivity contribution in [2.75, 3.05) is 0 Å². The third-order valence-corrected chi connectivity index (χ3v) is 3.07. The van der Waals surface area contributed by atoms with Crippen LogP contribution in [0.1, 0.15) is 29.8 Å². The molecule has 0 fully saturated rings. The molecule has 0 bridgehead atoms. The first-order valence-corrected chi connectivity index (χ1v) is 5.91. The Morgan fingerprint density at radius 1 is 1.40 bits per heavy atom. The standard InChI is InChI=1S/C10H12O4S/c1-3-8-4-5-9(7(2)11)6-10(8)15(12,13)14/h4-6H,3H2,1-2H3,(H,12,13,14). The number of aryl methyl sites for hydroxylation is 1. The van der Waals surface area contributed by atoms with E-state index in [9.17, 15) is 13.2 Å². The highest BCUT2D eigenvalue weighted by atomic mass is 32.2. The Kier molecular flexibility index (Phi) is 3.26. The lowest BCUT2D eigenvalue weighted by Gasteiger charge is -2.06. The highest BCUT2D eigenvalue weighted by Gasteiger charge is 2.16. The molecule has 15 heavy (non-hydrogen) atoms. The van der Waals surface area contributed by atoms with Gasteiger partial charge in [0.1, 0.15) is 0 Å². The van der Waals surface area contributed by atoms with E-state index in [1.165, 1.54) is 13.0 Å². The maximum absolute atomic E-state index is 11.0. The summed E-state index contributed by atoms with van der Waals surface area (Å²) in [6.45, 7) is 3.12. The molecule has 0 aliphatic heterocycles. The van der Waals surface area contributed by atoms with Crippen LogP contribution in [-0.2, 0) is 16.5 Å². The molecule has 0 saturated heterocycles. The van der Waals surface area contributed by atoms with Crippen molar-refractivity contribution < 1.29 is 17.8 Å². The number of carbonyl (C=O) groups excluding carboxylic acids is 1. The van der Waals surface area contributed by atoms with Gasteiger partial charge in [0.15, 0.2) is 5.78 Å². The van der Waals surface area contributed by atoms with Crippen LogP contribution in [0.25, 0.3) is 0 Å². The van der Waals surface area contributed by atoms with Crippen LogP contribution in [0, 0.1) is 0 Å². The Bertz CT molecular complexity index is 488. The van der Waals surface area contributed by atoms with Gasteiger partial charge in [-0.15, -0.1) is 0 Å². The van der Waals surface area contributed by atoms with E-state index in [1.54, 1.807) is 19.1 Å². The molecule has 1 aromatic rings. The molecule has 0 unspecified atom stereocenters. The average molecular weight is 228 g/mol. The maximum atomic E-state index is 11.0. The van der Waals surface area contributed by atoms with E-state index in [4.69, 9.17) is 4.55 Å². The second-order valence-electron chi connectivity index (χ2n) is 3.21. The van der Waals surface area contributed by atoms with Crippen LogP contribution in [0.15, 0.2) is 23.1 Å². The van der Waals surface area contributed by atoms with Gasteiger partial charge in [-0.2, -0.15) is 8.42 Å². The van der Waals surface area contributed by atoms with Crippen LogP contribution in [0.2, 0.25) is 0 Å². The number of hydrogen-bond acceptors (Lipinski definition) is 3. The molecule has 0 spiro atoms. The predicted molar refractivity (Wildman–Crippen MR) is 55.6 cm³/mol. The van der Waals surface area contributed by atoms with Crippen molar-refractivity contribution in [3.8, 4) is 0 Å². The molecule has 1 rings (SSSR count). The van der Waals surface area contributed by atoms with Gasteiger partial charge in [0.25, 0.3) is 10.1 Å². The summed E-state index contributed by atoms with van der Waals surface area (Å²) in [4.78, 5) is 10.9. The highest BCUT2D eigenvalue weighted by molar-refractivity contribution is 7.85. The van der Waals surface area contributed by atoms with Crippen LogP contribution in [0.3, 0.4) is 0 Å². The molecule has 0 atom stereocenters. The zero-order chi connectivity index (χ0) is 11.6. The van der Waals surface area contributed by atoms with Crippen molar-refractivity contribution in [3.05, 3.63) is 29.3 Å². The molecule has 0 aliphatic rings. The summed E-state index contributed by atoms with van der Waals surface area (Å²) in [5, 5.41) is 0. The monoisotopic (exact) mass is 228 g/mol. The lowest BCUT2D eigenvalue weighted by Crippen LogP contribution is -2.05. The van der Waals surface area contributed by atoms with Gasteiger partial charge in [-0.05, 0) is 25.0 Å². The van der Waals surface area contributed by atoms with Gasteiger partial charge in [0.2, 0.25) is 0 Å². The van der Waals surface area contributed by atoms with E-state index in [2.05, 4.69) is 0 Å². The Balaban J connectivity index is 3.46. The zero-order valence-electron chi connectivity index (χ0n) is 8.52. The third-order valence-electron chi connectivity index (χ3n) is 2.13. The Labute approximate surface area is 88.7 Å². The van der Waals surface area contributed by atoms with Crippen molar-refractivity contribution >= 4 is 15.9 Å². The minimum atomic E-state index is -4.25. The molecule has 0 saturated carbocycles. The summed E-state index contributed by atoms with van der Waals surface area (Å²) in [6, 6.07) is 4.30. The van der Waals surface area contributed by atoms with Gasteiger partial charge < -0.3 is 0 Å². The molecule has 82 valence electrons. The zero-order valence-corrected chi connectivity index (χ0v) is 9.34. The van der Waals surface area contributed by atoms with E-state index in [1.807, 2.05) is 0 Å². The van der Waals surface area contributed by atoms with Crippen molar-refractivity contribution in [3.63, 3.8) is 0 Å². The number of carbonyl (C=O) groups is 1. The van der Waals surface area contributed by atoms with E-state index in [0.717, 1.165) is 0 Å². The molecule has 4 nitrogen and oxygen atoms in total. The average Bonchev–Trinajstić information content (AvgIpc) is 2.15. The van der Waals surface area contributed by atoms with Crippen molar-refractivity contribution in [1.29, 1.82) is 0 Å². The molecule has 0 aromatic heterocycles. The first-order chi connectivity index (χ1) is 6.86. The maximum Gasteiger partial charge on any atom is 0.294 e. The van der Waals surface area contributed by atoms with Gasteiger partial charge in [-0.25, -0.2) is 0 Å². The Morgan fingerprint density at radius 3 is 2.40 bits per heavy atom. The fourth-order valence-electron chi connectivity index (χ4n) is 1.31. The minimum Gasteiger partial charge on any atom is -0.295 e. The molecule has 1 aromatic carbocycles. The number of rotatable bonds is 3. The molecule has 5 heteroatoms. The van der Waals surface area contributed by atoms with Gasteiger partial charge in [-0.1, -0.05) is 19.1 Å². The number of Topliss-reactive ketones (excluding diaryl/α,β-unsaturated/α-hetero) is 1. The summed E-state index contributed by atoms with van der Waals surface area (Å²) in [7, 11) is -4.25. The summed E-state index contributed by atoms with van der Waals surface area (Å²) >= 11 is 0. The van der Waals surface area contributed by atoms with Crippen LogP contribution in [0.4, 0.5) is 0 Å². The number of benzene rings is 1. The molecular formula is C10H12O4S. The Morgan fingerprint density at radius 2 is 2.00 bits per heavy atom. The minimum absolute atomic E-state index is 0.183. The number of hydrogen-bond donors (Lipinski definition) is 1. The summed E-state index contributed by atoms with van der Waals surface area (Å²) < 4.78 is 31.0. The van der Waals surface area contributed by atoms with E-state index >= 15 is 0 Å². The van der Waals surface area contributed by atoms with E-state index in [-0.39, 0.29) is 16.2 Å². The van der Waals surface area contributed by atoms with Crippen molar-refractivity contribution in [1.82, 2.24) is 0 Å². The summed E-state index contributed by atoms with van der Waals surface area (Å²) in [6.07, 6.45) is 0.479. The molecule has 0 radical (unpaired) electrons. The largest absolute Gasteiger partial charge is 0.295 e. The highest BCUT2D eigenvalue weighted by Crippen LogP contribution is 2.18. The normalized spacial score (nSPS) is 11.4. The smallest absolute Gasteiger partial charge is 0.294 e. The predicted octanol–water partition coefficient (Wildman–Crippen LogP) is 1.70. The first-order valence-electron chi connectivity index (χ1n) is 4.47. The van der Waals surface area contributed by atoms with Crippen LogP contribution in [0.5, 0.6) is 0 Å². The third kappa shape index (κ3) is 2.64. The van der Waals surface area contributed by atoms with Crippen LogP contribution < -0.4 is 0 Å². The second kappa shape index (κ2) is 4.12. The second-order valence-corrected chi connectivity index (χ2v) is 4.60. The fraction of sp³-hybridized carbons (Fsp3) is 0.300. The van der Waals surface area contributed by atoms with Gasteiger partial charge in [0.05, 0.1) is 4.90 Å². The lowest BCUT2D eigenvalue weighted by molar-refractivity contribution is 0.101.